The third-order valence-corrected chi connectivity index (χ3v) is 6.33. The van der Waals surface area contributed by atoms with Crippen LogP contribution in [0.2, 0.25) is 0 Å². The van der Waals surface area contributed by atoms with Crippen LogP contribution in [0.3, 0.4) is 0 Å². The molecule has 7 nitrogen and oxygen atoms in total. The van der Waals surface area contributed by atoms with Crippen molar-refractivity contribution in [1.29, 1.82) is 0 Å². The van der Waals surface area contributed by atoms with E-state index in [2.05, 4.69) is 43.2 Å². The molecule has 0 spiro atoms. The smallest absolute Gasteiger partial charge is 0.286 e. The third kappa shape index (κ3) is 4.24. The van der Waals surface area contributed by atoms with E-state index in [1.54, 1.807) is 25.4 Å². The number of Topliss-reactive ketones (excluding diaryl/α,β-unsaturated/α-hetero) is 1. The fraction of sp³-hybridized carbons (Fsp3) is 0.154. The summed E-state index contributed by atoms with van der Waals surface area (Å²) in [5.41, 5.74) is 4.80. The van der Waals surface area contributed by atoms with Gasteiger partial charge in [-0.2, -0.15) is 0 Å². The van der Waals surface area contributed by atoms with Crippen LogP contribution < -0.4 is 4.74 Å². The fourth-order valence-electron chi connectivity index (χ4n) is 4.03. The summed E-state index contributed by atoms with van der Waals surface area (Å²) in [6.45, 7) is 2.11. The Balaban J connectivity index is 1.50. The molecule has 5 aromatic rings. The standard InChI is InChI=1S/C26H21BrN4O3/c1-16-20(13-17-6-8-18(27)9-7-17)21-14-19(33-2)10-11-23(21)31(16)15-24(32)26-30-29-25(34-26)22-5-3-4-12-28-22/h3-12,14H,13,15H2,1-2H3. The second-order valence-electron chi connectivity index (χ2n) is 7.89. The Morgan fingerprint density at radius 2 is 1.91 bits per heavy atom. The highest BCUT2D eigenvalue weighted by Crippen LogP contribution is 2.32. The van der Waals surface area contributed by atoms with Crippen LogP contribution in [0.15, 0.2) is 75.8 Å². The van der Waals surface area contributed by atoms with Crippen LogP contribution in [-0.2, 0) is 13.0 Å². The number of fused-ring (bicyclic) bond motifs is 1. The van der Waals surface area contributed by atoms with Gasteiger partial charge in [0.15, 0.2) is 0 Å². The molecular formula is C26H21BrN4O3. The van der Waals surface area contributed by atoms with E-state index in [1.165, 1.54) is 5.56 Å². The Morgan fingerprint density at radius 3 is 2.65 bits per heavy atom. The molecule has 0 aliphatic rings. The Labute approximate surface area is 204 Å². The molecule has 0 aliphatic carbocycles. The lowest BCUT2D eigenvalue weighted by atomic mass is 10.0. The van der Waals surface area contributed by atoms with Crippen molar-refractivity contribution in [2.75, 3.05) is 7.11 Å². The largest absolute Gasteiger partial charge is 0.497 e. The van der Waals surface area contributed by atoms with Crippen LogP contribution in [-0.4, -0.2) is 32.6 Å². The van der Waals surface area contributed by atoms with Gasteiger partial charge in [-0.3, -0.25) is 9.78 Å². The minimum atomic E-state index is -0.263. The summed E-state index contributed by atoms with van der Waals surface area (Å²) < 4.78 is 14.1. The molecule has 34 heavy (non-hydrogen) atoms. The van der Waals surface area contributed by atoms with Crippen LogP contribution in [0.25, 0.3) is 22.5 Å². The molecule has 0 atom stereocenters. The number of rotatable bonds is 7. The molecule has 0 aliphatic heterocycles. The molecule has 3 heterocycles. The SMILES string of the molecule is COc1ccc2c(c1)c(Cc1ccc(Br)cc1)c(C)n2CC(=O)c1nnc(-c2ccccn2)o1. The molecule has 0 radical (unpaired) electrons. The van der Waals surface area contributed by atoms with E-state index in [0.717, 1.165) is 38.8 Å². The molecule has 2 aromatic carbocycles. The quantitative estimate of drug-likeness (QED) is 0.260. The number of carbonyl (C=O) groups is 1. The number of halogens is 1. The molecule has 0 amide bonds. The van der Waals surface area contributed by atoms with Gasteiger partial charge in [-0.25, -0.2) is 0 Å². The van der Waals surface area contributed by atoms with Gasteiger partial charge in [0.05, 0.1) is 13.7 Å². The lowest BCUT2D eigenvalue weighted by Gasteiger charge is -2.07. The van der Waals surface area contributed by atoms with Gasteiger partial charge in [-0.1, -0.05) is 34.1 Å². The summed E-state index contributed by atoms with van der Waals surface area (Å²) in [5, 5.41) is 9.01. The van der Waals surface area contributed by atoms with Crippen LogP contribution in [0, 0.1) is 6.92 Å². The van der Waals surface area contributed by atoms with Crippen LogP contribution in [0.1, 0.15) is 27.5 Å². The zero-order chi connectivity index (χ0) is 23.7. The summed E-state index contributed by atoms with van der Waals surface area (Å²) in [6, 6.07) is 19.5. The maximum Gasteiger partial charge on any atom is 0.286 e. The molecule has 170 valence electrons. The predicted octanol–water partition coefficient (Wildman–Crippen LogP) is 5.64. The third-order valence-electron chi connectivity index (χ3n) is 5.80. The summed E-state index contributed by atoms with van der Waals surface area (Å²) in [7, 11) is 1.65. The number of nitrogens with zero attached hydrogens (tertiary/aromatic N) is 4. The molecule has 0 unspecified atom stereocenters. The van der Waals surface area contributed by atoms with Crippen LogP contribution in [0.5, 0.6) is 5.75 Å². The number of aromatic nitrogens is 4. The molecule has 5 rings (SSSR count). The summed E-state index contributed by atoms with van der Waals surface area (Å²) >= 11 is 3.49. The van der Waals surface area contributed by atoms with E-state index in [0.29, 0.717) is 5.69 Å². The van der Waals surface area contributed by atoms with Crippen molar-refractivity contribution in [3.63, 3.8) is 0 Å². The summed E-state index contributed by atoms with van der Waals surface area (Å²) in [4.78, 5) is 17.3. The minimum absolute atomic E-state index is 0.0372. The van der Waals surface area contributed by atoms with E-state index < -0.39 is 0 Å². The van der Waals surface area contributed by atoms with Crippen molar-refractivity contribution in [3.8, 4) is 17.3 Å². The van der Waals surface area contributed by atoms with Crippen molar-refractivity contribution < 1.29 is 13.9 Å². The first-order valence-corrected chi connectivity index (χ1v) is 11.5. The van der Waals surface area contributed by atoms with E-state index in [4.69, 9.17) is 9.15 Å². The molecule has 0 N–H and O–H groups in total. The molecule has 8 heteroatoms. The van der Waals surface area contributed by atoms with Crippen molar-refractivity contribution in [3.05, 3.63) is 94.0 Å². The molecule has 0 fully saturated rings. The monoisotopic (exact) mass is 516 g/mol. The highest BCUT2D eigenvalue weighted by molar-refractivity contribution is 9.10. The van der Waals surface area contributed by atoms with Gasteiger partial charge in [0.25, 0.3) is 11.8 Å². The highest BCUT2D eigenvalue weighted by atomic mass is 79.9. The molecular weight excluding hydrogens is 496 g/mol. The normalized spacial score (nSPS) is 11.1. The zero-order valence-electron chi connectivity index (χ0n) is 18.7. The second kappa shape index (κ2) is 9.23. The fourth-order valence-corrected chi connectivity index (χ4v) is 4.30. The van der Waals surface area contributed by atoms with Gasteiger partial charge >= 0.3 is 0 Å². The average Bonchev–Trinajstić information content (AvgIpc) is 3.46. The number of ketones is 1. The number of ether oxygens (including phenoxy) is 1. The molecule has 3 aromatic heterocycles. The lowest BCUT2D eigenvalue weighted by Crippen LogP contribution is -2.12. The van der Waals surface area contributed by atoms with Crippen molar-refractivity contribution in [1.82, 2.24) is 19.7 Å². The van der Waals surface area contributed by atoms with Crippen molar-refractivity contribution in [2.24, 2.45) is 0 Å². The van der Waals surface area contributed by atoms with Gasteiger partial charge < -0.3 is 13.7 Å². The van der Waals surface area contributed by atoms with E-state index >= 15 is 0 Å². The molecule has 0 saturated carbocycles. The van der Waals surface area contributed by atoms with Crippen molar-refractivity contribution in [2.45, 2.75) is 19.9 Å². The number of methoxy groups -OCH3 is 1. The topological polar surface area (TPSA) is 83.0 Å². The van der Waals surface area contributed by atoms with Gasteiger partial charge in [-0.05, 0) is 66.9 Å². The van der Waals surface area contributed by atoms with E-state index in [-0.39, 0.29) is 24.1 Å². The predicted molar refractivity (Wildman–Crippen MR) is 132 cm³/mol. The Bertz CT molecular complexity index is 1470. The second-order valence-corrected chi connectivity index (χ2v) is 8.80. The number of carbonyl (C=O) groups excluding carboxylic acids is 1. The average molecular weight is 517 g/mol. The first-order valence-electron chi connectivity index (χ1n) is 10.7. The van der Waals surface area contributed by atoms with Crippen molar-refractivity contribution >= 4 is 32.6 Å². The summed E-state index contributed by atoms with van der Waals surface area (Å²) in [6.07, 6.45) is 2.37. The Hall–Kier alpha value is -3.78. The van der Waals surface area contributed by atoms with E-state index in [9.17, 15) is 4.79 Å². The maximum atomic E-state index is 13.1. The number of hydrogen-bond donors (Lipinski definition) is 0. The van der Waals surface area contributed by atoms with Gasteiger partial charge in [0.1, 0.15) is 11.4 Å². The first kappa shape index (κ1) is 22.0. The van der Waals surface area contributed by atoms with E-state index in [1.807, 2.05) is 47.9 Å². The van der Waals surface area contributed by atoms with Gasteiger partial charge in [-0.15, -0.1) is 10.2 Å². The molecule has 0 bridgehead atoms. The lowest BCUT2D eigenvalue weighted by molar-refractivity contribution is 0.0939. The first-order chi connectivity index (χ1) is 16.5. The Morgan fingerprint density at radius 1 is 1.09 bits per heavy atom. The summed E-state index contributed by atoms with van der Waals surface area (Å²) in [5.74, 6) is 0.689. The van der Waals surface area contributed by atoms with Gasteiger partial charge in [0, 0.05) is 27.3 Å². The maximum absolute atomic E-state index is 13.1. The number of pyridine rings is 1. The zero-order valence-corrected chi connectivity index (χ0v) is 20.2. The Kier molecular flexibility index (Phi) is 5.98. The van der Waals surface area contributed by atoms with Crippen LogP contribution in [0.4, 0.5) is 0 Å². The number of hydrogen-bond acceptors (Lipinski definition) is 6. The number of benzene rings is 2. The van der Waals surface area contributed by atoms with Crippen LogP contribution >= 0.6 is 15.9 Å². The minimum Gasteiger partial charge on any atom is -0.497 e. The molecule has 0 saturated heterocycles. The van der Waals surface area contributed by atoms with Gasteiger partial charge in [0.2, 0.25) is 5.78 Å². The highest BCUT2D eigenvalue weighted by Gasteiger charge is 2.21.